The molecule has 0 radical (unpaired) electrons. The Kier molecular flexibility index (Phi) is 5.28. The van der Waals surface area contributed by atoms with Gasteiger partial charge >= 0.3 is 0 Å². The molecule has 4 aromatic heterocycles. The summed E-state index contributed by atoms with van der Waals surface area (Å²) < 4.78 is 7.61. The SMILES string of the molecule is C=C(O)c1cc(-c2cn([C@@H](C)c3ccccn3)c3cc(-c4c(C)noc4C)cnc23)ccc1C. The summed E-state index contributed by atoms with van der Waals surface area (Å²) in [5, 5.41) is 14.2. The van der Waals surface area contributed by atoms with Crippen LogP contribution >= 0.6 is 0 Å². The molecule has 0 bridgehead atoms. The topological polar surface area (TPSA) is 77.0 Å². The van der Waals surface area contributed by atoms with E-state index >= 15 is 0 Å². The lowest BCUT2D eigenvalue weighted by atomic mass is 9.99. The number of hydrogen-bond acceptors (Lipinski definition) is 5. The normalized spacial score (nSPS) is 12.2. The lowest BCUT2D eigenvalue weighted by molar-refractivity contribution is 0.393. The minimum Gasteiger partial charge on any atom is -0.508 e. The second kappa shape index (κ2) is 8.30. The number of aryl methyl sites for hydroxylation is 3. The number of aliphatic hydroxyl groups excluding tert-OH is 1. The minimum absolute atomic E-state index is 0.0168. The Morgan fingerprint density at radius 1 is 1.06 bits per heavy atom. The number of fused-ring (bicyclic) bond motifs is 1. The average molecular weight is 451 g/mol. The first kappa shape index (κ1) is 21.6. The first-order valence-electron chi connectivity index (χ1n) is 11.2. The van der Waals surface area contributed by atoms with Crippen LogP contribution in [0.25, 0.3) is 39.0 Å². The maximum absolute atomic E-state index is 10.1. The third-order valence-electron chi connectivity index (χ3n) is 6.38. The number of aromatic nitrogens is 4. The molecule has 5 aromatic rings. The highest BCUT2D eigenvalue weighted by Gasteiger charge is 2.20. The second-order valence-electron chi connectivity index (χ2n) is 8.65. The van der Waals surface area contributed by atoms with Gasteiger partial charge in [-0.3, -0.25) is 9.97 Å². The maximum atomic E-state index is 10.1. The predicted molar refractivity (Wildman–Crippen MR) is 135 cm³/mol. The Bertz CT molecular complexity index is 1510. The summed E-state index contributed by atoms with van der Waals surface area (Å²) >= 11 is 0. The zero-order valence-electron chi connectivity index (χ0n) is 19.7. The van der Waals surface area contributed by atoms with E-state index in [-0.39, 0.29) is 11.8 Å². The van der Waals surface area contributed by atoms with Gasteiger partial charge in [0.25, 0.3) is 0 Å². The molecule has 0 saturated carbocycles. The standard InChI is InChI=1S/C28H26N4O2/c1-16-9-10-21(12-23(16)19(4)33)24-15-32(18(3)25-8-6-7-11-29-25)26-13-22(14-30-28(24)26)27-17(2)31-34-20(27)5/h6-15,18,33H,4H2,1-3,5H3/t18-/m0/s1. The van der Waals surface area contributed by atoms with Gasteiger partial charge in [-0.05, 0) is 63.1 Å². The summed E-state index contributed by atoms with van der Waals surface area (Å²) in [4.78, 5) is 9.48. The van der Waals surface area contributed by atoms with Gasteiger partial charge in [0, 0.05) is 40.8 Å². The summed E-state index contributed by atoms with van der Waals surface area (Å²) in [7, 11) is 0. The average Bonchev–Trinajstić information content (AvgIpc) is 3.38. The van der Waals surface area contributed by atoms with Gasteiger partial charge in [0.15, 0.2) is 0 Å². The van der Waals surface area contributed by atoms with Crippen LogP contribution in [-0.4, -0.2) is 24.8 Å². The van der Waals surface area contributed by atoms with Crippen molar-refractivity contribution in [3.8, 4) is 22.3 Å². The van der Waals surface area contributed by atoms with E-state index in [1.807, 2.05) is 63.5 Å². The smallest absolute Gasteiger partial charge is 0.141 e. The van der Waals surface area contributed by atoms with Crippen LogP contribution in [-0.2, 0) is 0 Å². The van der Waals surface area contributed by atoms with Crippen LogP contribution in [0.15, 0.2) is 72.2 Å². The lowest BCUT2D eigenvalue weighted by Gasteiger charge is -2.15. The minimum atomic E-state index is -0.0168. The Labute approximate surface area is 198 Å². The molecule has 0 unspecified atom stereocenters. The molecule has 4 heterocycles. The molecule has 0 saturated heterocycles. The van der Waals surface area contributed by atoms with E-state index in [1.165, 1.54) is 0 Å². The van der Waals surface area contributed by atoms with E-state index in [2.05, 4.69) is 46.5 Å². The third-order valence-corrected chi connectivity index (χ3v) is 6.38. The fraction of sp³-hybridized carbons (Fsp3) is 0.179. The van der Waals surface area contributed by atoms with Crippen LogP contribution < -0.4 is 0 Å². The van der Waals surface area contributed by atoms with E-state index < -0.39 is 0 Å². The van der Waals surface area contributed by atoms with Gasteiger partial charge < -0.3 is 14.2 Å². The van der Waals surface area contributed by atoms with Crippen LogP contribution in [0, 0.1) is 20.8 Å². The van der Waals surface area contributed by atoms with Crippen molar-refractivity contribution in [2.75, 3.05) is 0 Å². The van der Waals surface area contributed by atoms with Gasteiger partial charge in [0.2, 0.25) is 0 Å². The third kappa shape index (κ3) is 3.57. The summed E-state index contributed by atoms with van der Waals surface area (Å²) in [6.45, 7) is 11.7. The monoisotopic (exact) mass is 450 g/mol. The van der Waals surface area contributed by atoms with Gasteiger partial charge in [-0.15, -0.1) is 0 Å². The molecule has 6 nitrogen and oxygen atoms in total. The molecule has 0 spiro atoms. The van der Waals surface area contributed by atoms with Crippen LogP contribution in [0.5, 0.6) is 0 Å². The molecule has 1 atom stereocenters. The number of nitrogens with zero attached hydrogens (tertiary/aromatic N) is 4. The van der Waals surface area contributed by atoms with Crippen molar-refractivity contribution < 1.29 is 9.63 Å². The Morgan fingerprint density at radius 3 is 2.56 bits per heavy atom. The number of aliphatic hydroxyl groups is 1. The predicted octanol–water partition coefficient (Wildman–Crippen LogP) is 6.82. The number of pyridine rings is 2. The van der Waals surface area contributed by atoms with Crippen molar-refractivity contribution in [2.45, 2.75) is 33.7 Å². The van der Waals surface area contributed by atoms with Gasteiger partial charge in [-0.1, -0.05) is 29.9 Å². The summed E-state index contributed by atoms with van der Waals surface area (Å²) in [6, 6.07) is 14.1. The van der Waals surface area contributed by atoms with Crippen LogP contribution in [0.4, 0.5) is 0 Å². The first-order chi connectivity index (χ1) is 16.3. The molecule has 34 heavy (non-hydrogen) atoms. The largest absolute Gasteiger partial charge is 0.508 e. The molecule has 0 aliphatic rings. The van der Waals surface area contributed by atoms with Crippen molar-refractivity contribution in [1.29, 1.82) is 0 Å². The van der Waals surface area contributed by atoms with E-state index in [9.17, 15) is 5.11 Å². The second-order valence-corrected chi connectivity index (χ2v) is 8.65. The molecule has 0 aliphatic heterocycles. The molecule has 170 valence electrons. The number of rotatable bonds is 5. The fourth-order valence-corrected chi connectivity index (χ4v) is 4.56. The van der Waals surface area contributed by atoms with Gasteiger partial charge in [0.1, 0.15) is 11.5 Å². The number of hydrogen-bond donors (Lipinski definition) is 1. The van der Waals surface area contributed by atoms with Crippen LogP contribution in [0.1, 0.15) is 41.2 Å². The number of benzene rings is 1. The van der Waals surface area contributed by atoms with Crippen molar-refractivity contribution >= 4 is 16.8 Å². The molecule has 0 amide bonds. The molecular formula is C28H26N4O2. The molecule has 0 fully saturated rings. The van der Waals surface area contributed by atoms with Gasteiger partial charge in [-0.25, -0.2) is 0 Å². The molecule has 0 aliphatic carbocycles. The van der Waals surface area contributed by atoms with E-state index in [0.29, 0.717) is 0 Å². The van der Waals surface area contributed by atoms with Gasteiger partial charge in [0.05, 0.1) is 28.5 Å². The summed E-state index contributed by atoms with van der Waals surface area (Å²) in [5.41, 5.74) is 9.20. The van der Waals surface area contributed by atoms with Gasteiger partial charge in [-0.2, -0.15) is 0 Å². The zero-order chi connectivity index (χ0) is 24.0. The summed E-state index contributed by atoms with van der Waals surface area (Å²) in [6.07, 6.45) is 5.79. The first-order valence-corrected chi connectivity index (χ1v) is 11.2. The highest BCUT2D eigenvalue weighted by molar-refractivity contribution is 5.95. The molecule has 1 aromatic carbocycles. The Hall–Kier alpha value is -4.19. The van der Waals surface area contributed by atoms with E-state index in [0.717, 1.165) is 61.6 Å². The highest BCUT2D eigenvalue weighted by Crippen LogP contribution is 2.37. The maximum Gasteiger partial charge on any atom is 0.141 e. The van der Waals surface area contributed by atoms with Crippen molar-refractivity contribution in [2.24, 2.45) is 0 Å². The van der Waals surface area contributed by atoms with Crippen molar-refractivity contribution in [3.05, 3.63) is 95.9 Å². The van der Waals surface area contributed by atoms with Crippen molar-refractivity contribution in [3.63, 3.8) is 0 Å². The Balaban J connectivity index is 1.76. The summed E-state index contributed by atoms with van der Waals surface area (Å²) in [5.74, 6) is 0.818. The Morgan fingerprint density at radius 2 is 1.88 bits per heavy atom. The molecular weight excluding hydrogens is 424 g/mol. The molecule has 5 rings (SSSR count). The zero-order valence-corrected chi connectivity index (χ0v) is 19.7. The van der Waals surface area contributed by atoms with E-state index in [4.69, 9.17) is 9.51 Å². The lowest BCUT2D eigenvalue weighted by Crippen LogP contribution is -2.07. The molecule has 1 N–H and O–H groups in total. The fourth-order valence-electron chi connectivity index (χ4n) is 4.56. The van der Waals surface area contributed by atoms with Crippen molar-refractivity contribution in [1.82, 2.24) is 19.7 Å². The van der Waals surface area contributed by atoms with Crippen LogP contribution in [0.3, 0.4) is 0 Å². The molecule has 6 heteroatoms. The quantitative estimate of drug-likeness (QED) is 0.297. The van der Waals surface area contributed by atoms with E-state index in [1.54, 1.807) is 0 Å². The highest BCUT2D eigenvalue weighted by atomic mass is 16.5. The van der Waals surface area contributed by atoms with Crippen LogP contribution in [0.2, 0.25) is 0 Å².